The quantitative estimate of drug-likeness (QED) is 0.177. The van der Waals surface area contributed by atoms with E-state index in [0.717, 1.165) is 13.0 Å². The van der Waals surface area contributed by atoms with Crippen LogP contribution >= 0.6 is 12.6 Å². The van der Waals surface area contributed by atoms with Crippen LogP contribution in [0, 0.1) is 28.6 Å². The number of carbonyl (C=O) groups excluding carboxylic acids is 2. The number of hydrogen-bond acceptors (Lipinski definition) is 8. The molecule has 0 aliphatic carbocycles. The zero-order valence-electron chi connectivity index (χ0n) is 24.7. The molecule has 0 aliphatic heterocycles. The van der Waals surface area contributed by atoms with Crippen molar-refractivity contribution in [2.75, 3.05) is 34.0 Å². The summed E-state index contributed by atoms with van der Waals surface area (Å²) in [6.45, 7) is 24.7. The van der Waals surface area contributed by atoms with E-state index < -0.39 is 17.3 Å². The van der Waals surface area contributed by atoms with E-state index in [2.05, 4.69) is 70.6 Å². The number of methoxy groups -OCH3 is 2. The molecule has 0 heterocycles. The minimum absolute atomic E-state index is 0.0583. The van der Waals surface area contributed by atoms with Crippen LogP contribution in [0.4, 0.5) is 0 Å². The van der Waals surface area contributed by atoms with Crippen LogP contribution in [0.15, 0.2) is 0 Å². The van der Waals surface area contributed by atoms with Gasteiger partial charge in [-0.2, -0.15) is 0 Å². The molecule has 0 aromatic rings. The van der Waals surface area contributed by atoms with Crippen LogP contribution in [0.2, 0.25) is 0 Å². The average Bonchev–Trinajstić information content (AvgIpc) is 2.73. The first-order chi connectivity index (χ1) is 15.7. The summed E-state index contributed by atoms with van der Waals surface area (Å²) >= 11 is 4.39. The van der Waals surface area contributed by atoms with Gasteiger partial charge in [0.2, 0.25) is 0 Å². The number of rotatable bonds is 14. The fourth-order valence-corrected chi connectivity index (χ4v) is 3.08. The first kappa shape index (κ1) is 36.3. The minimum Gasteiger partial charge on any atom is -0.469 e. The second-order valence-corrected chi connectivity index (χ2v) is 13.1. The molecule has 0 saturated carbocycles. The number of thiol groups is 1. The summed E-state index contributed by atoms with van der Waals surface area (Å²) in [7, 11) is 2.62. The average molecular weight is 522 g/mol. The highest BCUT2D eigenvalue weighted by Crippen LogP contribution is 2.38. The standard InChI is InChI=1S/C17H36O2S.C10H19NO4/c1-13(2)14(3)12-19-16(6,7)15(4,5)10-11-18-17(8,9)20;1-10(2,9(13)15-4)5-7(6-11)8(12)14-3/h13-14,20H,10-12H2,1-9H3;7H,5-6,11H2,1-4H3. The molecule has 0 aliphatic rings. The van der Waals surface area contributed by atoms with Crippen LogP contribution in [0.3, 0.4) is 0 Å². The Balaban J connectivity index is 0. The molecule has 0 bridgehead atoms. The van der Waals surface area contributed by atoms with Crippen molar-refractivity contribution in [3.8, 4) is 0 Å². The van der Waals surface area contributed by atoms with Crippen molar-refractivity contribution in [1.82, 2.24) is 0 Å². The maximum Gasteiger partial charge on any atom is 0.311 e. The summed E-state index contributed by atoms with van der Waals surface area (Å²) in [5.74, 6) is 0.0170. The number of nitrogens with two attached hydrogens (primary N) is 1. The van der Waals surface area contributed by atoms with Crippen molar-refractivity contribution in [1.29, 1.82) is 0 Å². The molecule has 0 saturated heterocycles. The molecule has 0 radical (unpaired) electrons. The number of esters is 2. The van der Waals surface area contributed by atoms with E-state index in [0.29, 0.717) is 24.9 Å². The Morgan fingerprint density at radius 2 is 1.40 bits per heavy atom. The molecule has 0 aromatic heterocycles. The first-order valence-electron chi connectivity index (χ1n) is 12.5. The van der Waals surface area contributed by atoms with Gasteiger partial charge in [-0.3, -0.25) is 9.59 Å². The van der Waals surface area contributed by atoms with E-state index in [-0.39, 0.29) is 28.5 Å². The third-order valence-corrected chi connectivity index (χ3v) is 7.10. The van der Waals surface area contributed by atoms with E-state index >= 15 is 0 Å². The van der Waals surface area contributed by atoms with Gasteiger partial charge >= 0.3 is 11.9 Å². The molecular formula is C27H55NO6S. The van der Waals surface area contributed by atoms with Crippen LogP contribution in [0.1, 0.15) is 89.0 Å². The predicted molar refractivity (Wildman–Crippen MR) is 146 cm³/mol. The largest absolute Gasteiger partial charge is 0.469 e. The minimum atomic E-state index is -0.729. The van der Waals surface area contributed by atoms with Crippen molar-refractivity contribution in [2.45, 2.75) is 99.5 Å². The third-order valence-electron chi connectivity index (χ3n) is 6.97. The van der Waals surface area contributed by atoms with Gasteiger partial charge in [-0.1, -0.05) is 34.6 Å². The van der Waals surface area contributed by atoms with E-state index in [1.165, 1.54) is 14.2 Å². The summed E-state index contributed by atoms with van der Waals surface area (Å²) in [5.41, 5.74) is 4.61. The van der Waals surface area contributed by atoms with Crippen molar-refractivity contribution in [3.63, 3.8) is 0 Å². The summed E-state index contributed by atoms with van der Waals surface area (Å²) in [6.07, 6.45) is 1.28. The van der Waals surface area contributed by atoms with Crippen LogP contribution in [-0.4, -0.2) is 56.5 Å². The van der Waals surface area contributed by atoms with Gasteiger partial charge < -0.3 is 24.7 Å². The van der Waals surface area contributed by atoms with Gasteiger partial charge in [0.15, 0.2) is 0 Å². The van der Waals surface area contributed by atoms with E-state index in [1.54, 1.807) is 13.8 Å². The van der Waals surface area contributed by atoms with Crippen molar-refractivity contribution in [2.24, 2.45) is 34.3 Å². The van der Waals surface area contributed by atoms with Crippen LogP contribution < -0.4 is 5.73 Å². The van der Waals surface area contributed by atoms with E-state index in [4.69, 9.17) is 15.2 Å². The summed E-state index contributed by atoms with van der Waals surface area (Å²) in [5, 5.41) is 0. The van der Waals surface area contributed by atoms with Crippen molar-refractivity contribution < 1.29 is 28.5 Å². The van der Waals surface area contributed by atoms with Crippen molar-refractivity contribution in [3.05, 3.63) is 0 Å². The highest BCUT2D eigenvalue weighted by molar-refractivity contribution is 7.81. The van der Waals surface area contributed by atoms with Gasteiger partial charge in [0.25, 0.3) is 0 Å². The van der Waals surface area contributed by atoms with Crippen molar-refractivity contribution >= 4 is 24.6 Å². The Hall–Kier alpha value is -0.830. The summed E-state index contributed by atoms with van der Waals surface area (Å²) in [4.78, 5) is 22.3. The second kappa shape index (κ2) is 15.4. The molecule has 0 spiro atoms. The van der Waals surface area contributed by atoms with Gasteiger partial charge in [-0.05, 0) is 71.6 Å². The monoisotopic (exact) mass is 521 g/mol. The Morgan fingerprint density at radius 1 is 0.886 bits per heavy atom. The molecule has 8 heteroatoms. The topological polar surface area (TPSA) is 97.1 Å². The highest BCUT2D eigenvalue weighted by Gasteiger charge is 2.38. The molecular weight excluding hydrogens is 466 g/mol. The lowest BCUT2D eigenvalue weighted by molar-refractivity contribution is -0.154. The van der Waals surface area contributed by atoms with Gasteiger partial charge in [0, 0.05) is 13.2 Å². The Kier molecular flexibility index (Phi) is 16.0. The van der Waals surface area contributed by atoms with Crippen LogP contribution in [-0.2, 0) is 28.5 Å². The molecule has 0 amide bonds. The highest BCUT2D eigenvalue weighted by atomic mass is 32.1. The zero-order valence-corrected chi connectivity index (χ0v) is 25.6. The summed E-state index contributed by atoms with van der Waals surface area (Å²) < 4.78 is 21.2. The zero-order chi connectivity index (χ0) is 28.3. The lowest BCUT2D eigenvalue weighted by Gasteiger charge is -2.42. The number of ether oxygens (including phenoxy) is 4. The molecule has 0 aromatic carbocycles. The summed E-state index contributed by atoms with van der Waals surface area (Å²) in [6, 6.07) is 0. The maximum atomic E-state index is 11.4. The predicted octanol–water partition coefficient (Wildman–Crippen LogP) is 5.50. The van der Waals surface area contributed by atoms with E-state index in [1.807, 2.05) is 13.8 Å². The van der Waals surface area contributed by atoms with Gasteiger partial charge in [-0.25, -0.2) is 0 Å². The SMILES string of the molecule is CC(C)C(C)COC(C)(C)C(C)(C)CCOC(C)(C)S.COC(=O)C(CN)CC(C)(C)C(=O)OC. The van der Waals surface area contributed by atoms with Crippen LogP contribution in [0.5, 0.6) is 0 Å². The van der Waals surface area contributed by atoms with Gasteiger partial charge in [0.1, 0.15) is 4.93 Å². The Bertz CT molecular complexity index is 626. The van der Waals surface area contributed by atoms with E-state index in [9.17, 15) is 9.59 Å². The molecule has 7 nitrogen and oxygen atoms in total. The fourth-order valence-electron chi connectivity index (χ4n) is 2.99. The third kappa shape index (κ3) is 14.5. The fraction of sp³-hybridized carbons (Fsp3) is 0.926. The van der Waals surface area contributed by atoms with Gasteiger partial charge in [0.05, 0.1) is 37.8 Å². The molecule has 2 atom stereocenters. The Morgan fingerprint density at radius 3 is 1.77 bits per heavy atom. The van der Waals surface area contributed by atoms with Gasteiger partial charge in [-0.15, -0.1) is 12.6 Å². The normalized spacial score (nSPS) is 14.6. The molecule has 210 valence electrons. The lowest BCUT2D eigenvalue weighted by atomic mass is 9.74. The molecule has 0 fully saturated rings. The molecule has 0 rings (SSSR count). The molecule has 2 N–H and O–H groups in total. The number of hydrogen-bond donors (Lipinski definition) is 2. The first-order valence-corrected chi connectivity index (χ1v) is 13.0. The lowest BCUT2D eigenvalue weighted by Crippen LogP contribution is -2.43. The van der Waals surface area contributed by atoms with Crippen LogP contribution in [0.25, 0.3) is 0 Å². The second-order valence-electron chi connectivity index (χ2n) is 12.0. The molecule has 35 heavy (non-hydrogen) atoms. The Labute approximate surface area is 221 Å². The molecule has 2 unspecified atom stereocenters. The smallest absolute Gasteiger partial charge is 0.311 e. The maximum absolute atomic E-state index is 11.4. The number of carbonyl (C=O) groups is 2.